The van der Waals surface area contributed by atoms with Gasteiger partial charge in [0.25, 0.3) is 0 Å². The number of rotatable bonds is 3. The molecule has 0 aromatic carbocycles. The summed E-state index contributed by atoms with van der Waals surface area (Å²) in [6.07, 6.45) is 2.67. The van der Waals surface area contributed by atoms with E-state index in [4.69, 9.17) is 14.0 Å². The minimum absolute atomic E-state index is 0.347. The van der Waals surface area contributed by atoms with Crippen LogP contribution in [0.5, 0.6) is 5.75 Å². The molecule has 1 saturated carbocycles. The molecule has 1 aromatic rings. The van der Waals surface area contributed by atoms with Crippen molar-refractivity contribution >= 4 is 12.7 Å². The van der Waals surface area contributed by atoms with Gasteiger partial charge in [-0.15, -0.1) is 0 Å². The van der Waals surface area contributed by atoms with E-state index in [1.165, 1.54) is 0 Å². The Kier molecular flexibility index (Phi) is 3.10. The molecule has 1 aromatic heterocycles. The Balaban J connectivity index is 1.85. The number of ether oxygens (including phenoxy) is 1. The summed E-state index contributed by atoms with van der Waals surface area (Å²) in [7, 11) is -0.429. The Morgan fingerprint density at radius 2 is 1.75 bits per heavy atom. The van der Waals surface area contributed by atoms with Gasteiger partial charge in [0.15, 0.2) is 0 Å². The molecule has 2 aliphatic rings. The van der Waals surface area contributed by atoms with Crippen molar-refractivity contribution in [2.75, 3.05) is 0 Å². The molecule has 1 saturated heterocycles. The van der Waals surface area contributed by atoms with Crippen LogP contribution in [0, 0.1) is 6.92 Å². The largest absolute Gasteiger partial charge is 0.514 e. The van der Waals surface area contributed by atoms with Crippen molar-refractivity contribution in [3.8, 4) is 5.75 Å². The highest BCUT2D eigenvalue weighted by molar-refractivity contribution is 6.61. The lowest BCUT2D eigenvalue weighted by Gasteiger charge is -2.32. The molecule has 1 aliphatic heterocycles. The second-order valence-electron chi connectivity index (χ2n) is 6.77. The zero-order chi connectivity index (χ0) is 14.5. The van der Waals surface area contributed by atoms with Gasteiger partial charge in [-0.3, -0.25) is 4.98 Å². The van der Waals surface area contributed by atoms with Gasteiger partial charge in [0, 0.05) is 11.8 Å². The van der Waals surface area contributed by atoms with Crippen LogP contribution in [0.4, 0.5) is 0 Å². The highest BCUT2D eigenvalue weighted by Crippen LogP contribution is 2.36. The monoisotopic (exact) mass is 275 g/mol. The van der Waals surface area contributed by atoms with E-state index in [0.717, 1.165) is 29.9 Å². The van der Waals surface area contributed by atoms with Crippen molar-refractivity contribution in [1.82, 2.24) is 4.98 Å². The topological polar surface area (TPSA) is 40.6 Å². The molecule has 4 nitrogen and oxygen atoms in total. The molecule has 1 aliphatic carbocycles. The van der Waals surface area contributed by atoms with Gasteiger partial charge in [-0.1, -0.05) is 0 Å². The highest BCUT2D eigenvalue weighted by Gasteiger charge is 2.52. The van der Waals surface area contributed by atoms with E-state index in [2.05, 4.69) is 4.98 Å². The van der Waals surface area contributed by atoms with Crippen LogP contribution in [-0.4, -0.2) is 29.4 Å². The Morgan fingerprint density at radius 1 is 1.15 bits per heavy atom. The quantitative estimate of drug-likeness (QED) is 0.793. The van der Waals surface area contributed by atoms with Gasteiger partial charge in [-0.25, -0.2) is 0 Å². The summed E-state index contributed by atoms with van der Waals surface area (Å²) in [5.41, 5.74) is 1.02. The van der Waals surface area contributed by atoms with Gasteiger partial charge in [0.05, 0.1) is 22.9 Å². The maximum absolute atomic E-state index is 6.04. The van der Waals surface area contributed by atoms with Crippen LogP contribution >= 0.6 is 0 Å². The first-order chi connectivity index (χ1) is 9.27. The molecule has 0 atom stereocenters. The normalized spacial score (nSPS) is 23.9. The molecule has 20 heavy (non-hydrogen) atoms. The third-order valence-corrected chi connectivity index (χ3v) is 4.27. The Labute approximate surface area is 121 Å². The number of aromatic nitrogens is 1. The maximum atomic E-state index is 6.04. The Hall–Kier alpha value is -1.07. The fourth-order valence-corrected chi connectivity index (χ4v) is 2.19. The fraction of sp³-hybridized carbons (Fsp3) is 0.667. The standard InChI is InChI=1S/C15H22BNO3/c1-10-8-12(18-11-6-7-11)9-13(17-10)16-19-14(2,3)15(4,5)20-16/h8-9,11H,6-7H2,1-5H3. The average Bonchev–Trinajstić information content (AvgIpc) is 3.06. The zero-order valence-electron chi connectivity index (χ0n) is 12.9. The van der Waals surface area contributed by atoms with Crippen molar-refractivity contribution in [3.63, 3.8) is 0 Å². The van der Waals surface area contributed by atoms with Gasteiger partial charge in [0.2, 0.25) is 0 Å². The molecule has 0 spiro atoms. The molecule has 0 N–H and O–H groups in total. The van der Waals surface area contributed by atoms with E-state index in [-0.39, 0.29) is 11.2 Å². The van der Waals surface area contributed by atoms with Crippen LogP contribution < -0.4 is 10.3 Å². The molecule has 3 rings (SSSR count). The Bertz CT molecular complexity index is 510. The van der Waals surface area contributed by atoms with E-state index in [0.29, 0.717) is 6.10 Å². The summed E-state index contributed by atoms with van der Waals surface area (Å²) in [4.78, 5) is 4.54. The number of nitrogens with zero attached hydrogens (tertiary/aromatic N) is 1. The van der Waals surface area contributed by atoms with Crippen LogP contribution in [0.15, 0.2) is 12.1 Å². The van der Waals surface area contributed by atoms with Gasteiger partial charge in [0.1, 0.15) is 5.75 Å². The first kappa shape index (κ1) is 13.9. The first-order valence-corrected chi connectivity index (χ1v) is 7.28. The lowest BCUT2D eigenvalue weighted by Crippen LogP contribution is -2.41. The summed E-state index contributed by atoms with van der Waals surface area (Å²) >= 11 is 0. The van der Waals surface area contributed by atoms with Crippen molar-refractivity contribution in [3.05, 3.63) is 17.8 Å². The van der Waals surface area contributed by atoms with Crippen molar-refractivity contribution in [2.24, 2.45) is 0 Å². The van der Waals surface area contributed by atoms with Crippen molar-refractivity contribution < 1.29 is 14.0 Å². The van der Waals surface area contributed by atoms with Gasteiger partial charge < -0.3 is 14.0 Å². The second kappa shape index (κ2) is 4.47. The average molecular weight is 275 g/mol. The summed E-state index contributed by atoms with van der Waals surface area (Å²) in [5, 5.41) is 0. The fourth-order valence-electron chi connectivity index (χ4n) is 2.19. The maximum Gasteiger partial charge on any atom is 0.514 e. The minimum Gasteiger partial charge on any atom is -0.490 e. The molecular formula is C15H22BNO3. The van der Waals surface area contributed by atoms with Crippen LogP contribution in [0.25, 0.3) is 0 Å². The van der Waals surface area contributed by atoms with E-state index in [9.17, 15) is 0 Å². The van der Waals surface area contributed by atoms with Crippen molar-refractivity contribution in [1.29, 1.82) is 0 Å². The second-order valence-corrected chi connectivity index (χ2v) is 6.77. The third-order valence-electron chi connectivity index (χ3n) is 4.27. The molecule has 108 valence electrons. The number of hydrogen-bond donors (Lipinski definition) is 0. The molecule has 0 radical (unpaired) electrons. The van der Waals surface area contributed by atoms with Gasteiger partial charge in [-0.05, 0) is 53.5 Å². The van der Waals surface area contributed by atoms with E-state index in [1.807, 2.05) is 46.8 Å². The molecule has 2 fully saturated rings. The van der Waals surface area contributed by atoms with E-state index in [1.54, 1.807) is 0 Å². The molecule has 0 bridgehead atoms. The van der Waals surface area contributed by atoms with Crippen LogP contribution in [-0.2, 0) is 9.31 Å². The van der Waals surface area contributed by atoms with E-state index >= 15 is 0 Å². The van der Waals surface area contributed by atoms with Crippen LogP contribution in [0.1, 0.15) is 46.2 Å². The van der Waals surface area contributed by atoms with Gasteiger partial charge >= 0.3 is 7.12 Å². The molecule has 0 unspecified atom stereocenters. The summed E-state index contributed by atoms with van der Waals surface area (Å²) in [6.45, 7) is 10.2. The third kappa shape index (κ3) is 2.57. The lowest BCUT2D eigenvalue weighted by atomic mass is 9.84. The smallest absolute Gasteiger partial charge is 0.490 e. The summed E-state index contributed by atoms with van der Waals surface area (Å²) < 4.78 is 17.9. The predicted octanol–water partition coefficient (Wildman–Crippen LogP) is 2.23. The first-order valence-electron chi connectivity index (χ1n) is 7.28. The van der Waals surface area contributed by atoms with Crippen molar-refractivity contribution in [2.45, 2.75) is 64.8 Å². The highest BCUT2D eigenvalue weighted by atomic mass is 16.7. The number of pyridine rings is 1. The Morgan fingerprint density at radius 3 is 2.30 bits per heavy atom. The summed E-state index contributed by atoms with van der Waals surface area (Å²) in [6, 6.07) is 3.90. The number of hydrogen-bond acceptors (Lipinski definition) is 4. The molecule has 5 heteroatoms. The molecule has 0 amide bonds. The summed E-state index contributed by atoms with van der Waals surface area (Å²) in [5.74, 6) is 0.865. The number of aryl methyl sites for hydroxylation is 1. The van der Waals surface area contributed by atoms with Gasteiger partial charge in [-0.2, -0.15) is 0 Å². The van der Waals surface area contributed by atoms with Crippen LogP contribution in [0.2, 0.25) is 0 Å². The lowest BCUT2D eigenvalue weighted by molar-refractivity contribution is 0.00578. The minimum atomic E-state index is -0.429. The molecular weight excluding hydrogens is 253 g/mol. The molecule has 2 heterocycles. The zero-order valence-corrected chi connectivity index (χ0v) is 12.9. The SMILES string of the molecule is Cc1cc(OC2CC2)cc(B2OC(C)(C)C(C)(C)O2)n1. The van der Waals surface area contributed by atoms with Crippen LogP contribution in [0.3, 0.4) is 0 Å². The van der Waals surface area contributed by atoms with E-state index < -0.39 is 7.12 Å². The predicted molar refractivity (Wildman–Crippen MR) is 78.3 cm³/mol.